The van der Waals surface area contributed by atoms with E-state index in [-0.39, 0.29) is 1.43 Å². The van der Waals surface area contributed by atoms with Gasteiger partial charge in [0.15, 0.2) is 0 Å². The first-order valence-electron chi connectivity index (χ1n) is 4.62. The molecule has 24 N–H and O–H groups in total. The van der Waals surface area contributed by atoms with Crippen molar-refractivity contribution in [1.29, 1.82) is 0 Å². The van der Waals surface area contributed by atoms with Crippen molar-refractivity contribution in [2.45, 2.75) is 0 Å². The van der Waals surface area contributed by atoms with Crippen LogP contribution in [-0.2, 0) is 0 Å². The third-order valence-electron chi connectivity index (χ3n) is 0. The Hall–Kier alpha value is -0.320. The van der Waals surface area contributed by atoms with Gasteiger partial charge in [-0.05, 0) is 0 Å². The molecule has 0 aliphatic rings. The molecule has 0 fully saturated rings. The first-order valence-corrected chi connectivity index (χ1v) is 0. The van der Waals surface area contributed by atoms with Crippen molar-refractivity contribution >= 4 is 0 Å². The summed E-state index contributed by atoms with van der Waals surface area (Å²) >= 11 is 0. The van der Waals surface area contributed by atoms with E-state index in [0.29, 0.717) is 0 Å². The normalized spacial score (nSPS) is 7.00. The highest BCUT2D eigenvalue weighted by molar-refractivity contribution is 2.14. The molecule has 0 saturated carbocycles. The van der Waals surface area contributed by atoms with E-state index in [0.717, 1.165) is 0 Å². The smallest absolute Gasteiger partial charge is 0.115 e. The Labute approximate surface area is 63.6 Å². The third-order valence-corrected chi connectivity index (χ3v) is 0. The molecule has 0 aromatic carbocycles. The van der Waals surface area contributed by atoms with Crippen LogP contribution >= 0.6 is 0 Å². The van der Waals surface area contributed by atoms with Gasteiger partial charge in [0, 0.05) is 1.43 Å². The zero-order valence-electron chi connectivity index (χ0n) is 12.6. The number of hydrogen-bond donors (Lipinski definition) is 8. The maximum Gasteiger partial charge on any atom is 0.115 e. The molecule has 8 nitrogen and oxygen atoms in total. The van der Waals surface area contributed by atoms with Gasteiger partial charge in [0.2, 0.25) is 0 Å². The fraction of sp³-hybridized carbons (Fsp3) is 0. The second-order valence-corrected chi connectivity index (χ2v) is 0. The minimum atomic E-state index is 0. The van der Waals surface area contributed by atoms with Gasteiger partial charge < -0.3 is 49.1 Å². The predicted molar refractivity (Wildman–Crippen MR) is 42.3 cm³/mol. The average molecular weight is 147 g/mol. The van der Waals surface area contributed by atoms with Gasteiger partial charge in [0.05, 0.1) is 0 Å². The summed E-state index contributed by atoms with van der Waals surface area (Å²) in [6.07, 6.45) is 30.0. The van der Waals surface area contributed by atoms with Crippen LogP contribution in [0.15, 0.2) is 0 Å². The Morgan fingerprint density at radius 2 is 0.500 bits per heavy atom. The van der Waals surface area contributed by atoms with Crippen LogP contribution in [0, 0.1) is 0 Å². The minimum Gasteiger partial charge on any atom is -0.344 e. The SMILES string of the molecule is [2HH].[2H]N.[2H]N.[2H]N.[2H]N.[2H]N.[2H]N.[2H]N.[2H]N. The summed E-state index contributed by atoms with van der Waals surface area (Å²) in [7, 11) is 0. The zero-order valence-corrected chi connectivity index (χ0v) is 4.62. The van der Waals surface area contributed by atoms with Crippen molar-refractivity contribution in [2.75, 3.05) is 0 Å². The molecule has 0 unspecified atom stereocenters. The Balaban J connectivity index is -0.00000000610. The summed E-state index contributed by atoms with van der Waals surface area (Å²) in [5.74, 6) is 0. The molecule has 0 spiro atoms. The Morgan fingerprint density at radius 3 is 0.500 bits per heavy atom. The van der Waals surface area contributed by atoms with E-state index >= 15 is 0 Å². The quantitative estimate of drug-likeness (QED) is 0.248. The van der Waals surface area contributed by atoms with Crippen LogP contribution in [0.1, 0.15) is 1.43 Å². The van der Waals surface area contributed by atoms with E-state index in [1.165, 1.54) is 0 Å². The van der Waals surface area contributed by atoms with Gasteiger partial charge in [0.25, 0.3) is 0 Å². The highest BCUT2D eigenvalue weighted by Crippen LogP contribution is -0.474. The number of hydrogen-bond acceptors (Lipinski definition) is 8. The van der Waals surface area contributed by atoms with Gasteiger partial charge in [-0.25, -0.2) is 0 Å². The summed E-state index contributed by atoms with van der Waals surface area (Å²) in [6, 6.07) is 0. The Bertz CT molecular complexity index is 17.0. The second-order valence-electron chi connectivity index (χ2n) is 0. The first kappa shape index (κ1) is 5.81. The standard InChI is InChI=1S/8H3N.H2/h8*1H3;1H/i;;;;;;;;1+1/hD8. The van der Waals surface area contributed by atoms with Crippen molar-refractivity contribution in [3.05, 3.63) is 0 Å². The van der Waals surface area contributed by atoms with Crippen LogP contribution in [0.2, 0.25) is 11.3 Å². The van der Waals surface area contributed by atoms with E-state index < -0.39 is 0 Å². The molecular weight excluding hydrogens is 112 g/mol. The Morgan fingerprint density at radius 1 is 0.500 bits per heavy atom. The fourth-order valence-electron chi connectivity index (χ4n) is 0. The molecule has 0 aliphatic carbocycles. The second kappa shape index (κ2) is 2100. The average Bonchev–Trinajstić information content (AvgIpc) is 2.54. The summed E-state index contributed by atoms with van der Waals surface area (Å²) in [5.41, 5.74) is 0. The fourth-order valence-corrected chi connectivity index (χ4v) is 0. The topological polar surface area (TPSA) is 280 Å². The molecule has 0 amide bonds. The van der Waals surface area contributed by atoms with Crippen molar-refractivity contribution in [3.8, 4) is 0 Å². The molecular formula is H26N8. The lowest BCUT2D eigenvalue weighted by atomic mass is 14.0. The molecule has 8 heavy (non-hydrogen) atoms. The first-order chi connectivity index (χ1) is 8.00. The van der Waals surface area contributed by atoms with Gasteiger partial charge in [-0.2, -0.15) is 0 Å². The van der Waals surface area contributed by atoms with E-state index in [1.807, 2.05) is 0 Å². The summed E-state index contributed by atoms with van der Waals surface area (Å²) in [6.45, 7) is 0. The largest absolute Gasteiger partial charge is 0.344 e. The van der Waals surface area contributed by atoms with Crippen molar-refractivity contribution in [3.63, 3.8) is 0 Å². The van der Waals surface area contributed by atoms with Crippen LogP contribution in [-0.4, -0.2) is 0 Å². The molecule has 0 heterocycles. The van der Waals surface area contributed by atoms with Crippen molar-refractivity contribution in [2.24, 2.45) is 0 Å². The van der Waals surface area contributed by atoms with E-state index in [1.54, 1.807) is 0 Å². The van der Waals surface area contributed by atoms with E-state index in [4.69, 9.17) is 11.3 Å². The lowest BCUT2D eigenvalue weighted by molar-refractivity contribution is 2.13. The molecule has 66 valence electrons. The molecule has 8 heteroatoms. The number of rotatable bonds is 0. The van der Waals surface area contributed by atoms with Gasteiger partial charge in [0.1, 0.15) is 11.3 Å². The molecule has 0 atom stereocenters. The molecule has 0 aliphatic heterocycles. The highest BCUT2D eigenvalue weighted by Gasteiger charge is -0.337. The summed E-state index contributed by atoms with van der Waals surface area (Å²) in [4.78, 5) is 0. The molecule has 0 bridgehead atoms. The maximum atomic E-state index is 5.25. The Kier molecular flexibility index (Phi) is 1530. The zero-order chi connectivity index (χ0) is 16.0. The molecule has 0 aromatic rings. The molecule has 0 radical (unpaired) electrons. The van der Waals surface area contributed by atoms with Crippen LogP contribution in [0.25, 0.3) is 0 Å². The highest BCUT2D eigenvalue weighted by atomic mass is 14.0. The van der Waals surface area contributed by atoms with E-state index in [9.17, 15) is 0 Å². The summed E-state index contributed by atoms with van der Waals surface area (Å²) in [5, 5.41) is 0. The maximum absolute atomic E-state index is 5.25. The van der Waals surface area contributed by atoms with Gasteiger partial charge in [-0.3, -0.25) is 0 Å². The molecule has 0 saturated heterocycles. The van der Waals surface area contributed by atoms with Crippen molar-refractivity contribution in [1.82, 2.24) is 49.1 Å². The van der Waals surface area contributed by atoms with Gasteiger partial charge in [-0.15, -0.1) is 0 Å². The lowest BCUT2D eigenvalue weighted by Crippen LogP contribution is -0.482. The van der Waals surface area contributed by atoms with Crippen molar-refractivity contribution < 1.29 is 12.7 Å². The monoisotopic (exact) mass is 147 g/mol. The lowest BCUT2D eigenvalue weighted by Gasteiger charge is -0.345. The minimum absolute atomic E-state index is 0. The third kappa shape index (κ3) is 1210. The van der Waals surface area contributed by atoms with E-state index in [2.05, 4.69) is 49.1 Å². The van der Waals surface area contributed by atoms with Crippen LogP contribution in [0.4, 0.5) is 0 Å². The van der Waals surface area contributed by atoms with Crippen LogP contribution in [0.5, 0.6) is 0 Å². The van der Waals surface area contributed by atoms with Crippen LogP contribution in [0.3, 0.4) is 0 Å². The molecule has 0 rings (SSSR count). The van der Waals surface area contributed by atoms with Gasteiger partial charge >= 0.3 is 0 Å². The predicted octanol–water partition coefficient (Wildman–Crippen LogP) is 1.54. The molecule has 0 aromatic heterocycles. The van der Waals surface area contributed by atoms with Crippen LogP contribution < -0.4 is 49.1 Å². The summed E-state index contributed by atoms with van der Waals surface area (Å²) < 4.78 is 42.0. The van der Waals surface area contributed by atoms with Gasteiger partial charge in [-0.1, -0.05) is 0 Å².